The van der Waals surface area contributed by atoms with Crippen LogP contribution >= 0.6 is 0 Å². The molecule has 3 N–H and O–H groups in total. The van der Waals surface area contributed by atoms with E-state index in [1.165, 1.54) is 0 Å². The Bertz CT molecular complexity index is 184. The van der Waals surface area contributed by atoms with Gasteiger partial charge in [-0.3, -0.25) is 4.79 Å². The molecule has 14 heavy (non-hydrogen) atoms. The zero-order chi connectivity index (χ0) is 11.4. The smallest absolute Gasteiger partial charge is 0.236 e. The highest BCUT2D eigenvalue weighted by molar-refractivity contribution is 5.81. The van der Waals surface area contributed by atoms with Crippen molar-refractivity contribution in [3.8, 4) is 0 Å². The summed E-state index contributed by atoms with van der Waals surface area (Å²) in [6, 6.07) is -0.359. The molecule has 0 saturated carbocycles. The van der Waals surface area contributed by atoms with Gasteiger partial charge in [-0.25, -0.2) is 0 Å². The van der Waals surface area contributed by atoms with Gasteiger partial charge in [-0.2, -0.15) is 0 Å². The quantitative estimate of drug-likeness (QED) is 0.723. The van der Waals surface area contributed by atoms with Crippen LogP contribution in [0, 0.1) is 11.3 Å². The first kappa shape index (κ1) is 13.4. The topological polar surface area (TPSA) is 55.1 Å². The maximum absolute atomic E-state index is 11.4. The molecule has 84 valence electrons. The maximum Gasteiger partial charge on any atom is 0.236 e. The molecule has 0 radical (unpaired) electrons. The van der Waals surface area contributed by atoms with E-state index in [4.69, 9.17) is 5.73 Å². The van der Waals surface area contributed by atoms with E-state index in [9.17, 15) is 4.79 Å². The van der Waals surface area contributed by atoms with E-state index in [1.54, 1.807) is 0 Å². The van der Waals surface area contributed by atoms with Gasteiger partial charge in [0.15, 0.2) is 0 Å². The second kappa shape index (κ2) is 5.35. The molecular weight excluding hydrogens is 176 g/mol. The lowest BCUT2D eigenvalue weighted by Gasteiger charge is -2.27. The van der Waals surface area contributed by atoms with E-state index in [-0.39, 0.29) is 17.4 Å². The van der Waals surface area contributed by atoms with Crippen molar-refractivity contribution in [3.05, 3.63) is 0 Å². The van der Waals surface area contributed by atoms with Crippen LogP contribution in [0.5, 0.6) is 0 Å². The molecule has 0 aliphatic rings. The number of nitrogens with two attached hydrogens (primary N) is 1. The molecule has 0 heterocycles. The summed E-state index contributed by atoms with van der Waals surface area (Å²) in [7, 11) is 0. The fraction of sp³-hybridized carbons (Fsp3) is 0.909. The van der Waals surface area contributed by atoms with E-state index in [2.05, 4.69) is 33.0 Å². The maximum atomic E-state index is 11.4. The lowest BCUT2D eigenvalue weighted by atomic mass is 9.82. The zero-order valence-corrected chi connectivity index (χ0v) is 10.1. The molecule has 2 unspecified atom stereocenters. The average Bonchev–Trinajstić information content (AvgIpc) is 2.10. The van der Waals surface area contributed by atoms with Crippen molar-refractivity contribution >= 4 is 5.91 Å². The number of hydrogen-bond acceptors (Lipinski definition) is 2. The summed E-state index contributed by atoms with van der Waals surface area (Å²) in [5.74, 6) is 0.416. The number of hydrogen-bond donors (Lipinski definition) is 2. The molecule has 0 fully saturated rings. The van der Waals surface area contributed by atoms with Crippen molar-refractivity contribution < 1.29 is 4.79 Å². The van der Waals surface area contributed by atoms with Gasteiger partial charge >= 0.3 is 0 Å². The van der Waals surface area contributed by atoms with E-state index in [0.29, 0.717) is 18.9 Å². The van der Waals surface area contributed by atoms with Gasteiger partial charge in [0.05, 0.1) is 6.04 Å². The summed E-state index contributed by atoms with van der Waals surface area (Å²) in [4.78, 5) is 11.4. The fourth-order valence-electron chi connectivity index (χ4n) is 0.876. The van der Waals surface area contributed by atoms with Crippen LogP contribution in [0.3, 0.4) is 0 Å². The molecule has 0 aromatic rings. The van der Waals surface area contributed by atoms with E-state index in [0.717, 1.165) is 0 Å². The van der Waals surface area contributed by atoms with Crippen molar-refractivity contribution in [2.75, 3.05) is 6.54 Å². The highest BCUT2D eigenvalue weighted by Crippen LogP contribution is 2.24. The lowest BCUT2D eigenvalue weighted by molar-refractivity contribution is -0.122. The summed E-state index contributed by atoms with van der Waals surface area (Å²) in [5, 5.41) is 2.88. The van der Waals surface area contributed by atoms with Gasteiger partial charge in [0.2, 0.25) is 5.91 Å². The van der Waals surface area contributed by atoms with Crippen LogP contribution in [0.15, 0.2) is 0 Å². The molecule has 3 nitrogen and oxygen atoms in total. The summed E-state index contributed by atoms with van der Waals surface area (Å²) < 4.78 is 0. The molecule has 0 spiro atoms. The first-order chi connectivity index (χ1) is 6.29. The predicted octanol–water partition coefficient (Wildman–Crippen LogP) is 1.52. The average molecular weight is 200 g/mol. The summed E-state index contributed by atoms with van der Waals surface area (Å²) in [6.45, 7) is 11.3. The van der Waals surface area contributed by atoms with Gasteiger partial charge in [0.1, 0.15) is 0 Å². The summed E-state index contributed by atoms with van der Waals surface area (Å²) >= 11 is 0. The largest absolute Gasteiger partial charge is 0.354 e. The van der Waals surface area contributed by atoms with E-state index < -0.39 is 0 Å². The normalized spacial score (nSPS) is 16.1. The number of carbonyl (C=O) groups is 1. The van der Waals surface area contributed by atoms with Gasteiger partial charge in [0, 0.05) is 6.54 Å². The first-order valence-electron chi connectivity index (χ1n) is 5.32. The first-order valence-corrected chi connectivity index (χ1v) is 5.32. The van der Waals surface area contributed by atoms with Crippen molar-refractivity contribution in [2.24, 2.45) is 17.1 Å². The Balaban J connectivity index is 3.89. The Morgan fingerprint density at radius 3 is 2.29 bits per heavy atom. The highest BCUT2D eigenvalue weighted by Gasteiger charge is 2.21. The van der Waals surface area contributed by atoms with Crippen LogP contribution in [0.4, 0.5) is 0 Å². The Morgan fingerprint density at radius 1 is 1.43 bits per heavy atom. The molecule has 0 bridgehead atoms. The highest BCUT2D eigenvalue weighted by atomic mass is 16.2. The van der Waals surface area contributed by atoms with Crippen LogP contribution < -0.4 is 11.1 Å². The van der Waals surface area contributed by atoms with Crippen LogP contribution in [-0.4, -0.2) is 18.5 Å². The standard InChI is InChI=1S/C11H24N2O/c1-6-9(12)10(14)13-7-8(2)11(3,4)5/h8-9H,6-7,12H2,1-5H3,(H,13,14). The molecule has 0 aromatic carbocycles. The van der Waals surface area contributed by atoms with Gasteiger partial charge in [-0.15, -0.1) is 0 Å². The number of rotatable bonds is 4. The monoisotopic (exact) mass is 200 g/mol. The fourth-order valence-corrected chi connectivity index (χ4v) is 0.876. The van der Waals surface area contributed by atoms with Crippen LogP contribution in [-0.2, 0) is 4.79 Å². The van der Waals surface area contributed by atoms with Gasteiger partial charge < -0.3 is 11.1 Å². The molecule has 2 atom stereocenters. The van der Waals surface area contributed by atoms with Crippen molar-refractivity contribution in [1.29, 1.82) is 0 Å². The van der Waals surface area contributed by atoms with E-state index in [1.807, 2.05) is 6.92 Å². The molecular formula is C11H24N2O. The molecule has 0 saturated heterocycles. The molecule has 0 rings (SSSR count). The third-order valence-electron chi connectivity index (χ3n) is 2.84. The summed E-state index contributed by atoms with van der Waals surface area (Å²) in [6.07, 6.45) is 0.690. The van der Waals surface area contributed by atoms with Crippen molar-refractivity contribution in [1.82, 2.24) is 5.32 Å². The molecule has 0 aromatic heterocycles. The number of amides is 1. The van der Waals surface area contributed by atoms with Crippen molar-refractivity contribution in [2.45, 2.75) is 47.1 Å². The molecule has 3 heteroatoms. The van der Waals surface area contributed by atoms with Gasteiger partial charge in [-0.1, -0.05) is 34.6 Å². The van der Waals surface area contributed by atoms with Gasteiger partial charge in [-0.05, 0) is 17.8 Å². The van der Waals surface area contributed by atoms with Crippen LogP contribution in [0.1, 0.15) is 41.0 Å². The Morgan fingerprint density at radius 2 is 1.93 bits per heavy atom. The third-order valence-corrected chi connectivity index (χ3v) is 2.84. The summed E-state index contributed by atoms with van der Waals surface area (Å²) in [5.41, 5.74) is 5.83. The molecule has 1 amide bonds. The SMILES string of the molecule is CCC(N)C(=O)NCC(C)C(C)(C)C. The minimum absolute atomic E-state index is 0.0383. The predicted molar refractivity (Wildman–Crippen MR) is 59.9 cm³/mol. The minimum Gasteiger partial charge on any atom is -0.354 e. The zero-order valence-electron chi connectivity index (χ0n) is 10.1. The minimum atomic E-state index is -0.359. The second-order valence-electron chi connectivity index (χ2n) is 5.03. The molecule has 0 aliphatic heterocycles. The lowest BCUT2D eigenvalue weighted by Crippen LogP contribution is -2.43. The Hall–Kier alpha value is -0.570. The van der Waals surface area contributed by atoms with Crippen LogP contribution in [0.25, 0.3) is 0 Å². The number of nitrogens with one attached hydrogen (secondary N) is 1. The van der Waals surface area contributed by atoms with Gasteiger partial charge in [0.25, 0.3) is 0 Å². The van der Waals surface area contributed by atoms with Crippen LogP contribution in [0.2, 0.25) is 0 Å². The van der Waals surface area contributed by atoms with E-state index >= 15 is 0 Å². The second-order valence-corrected chi connectivity index (χ2v) is 5.03. The van der Waals surface area contributed by atoms with Crippen molar-refractivity contribution in [3.63, 3.8) is 0 Å². The molecule has 0 aliphatic carbocycles. The Labute approximate surface area is 87.4 Å². The third kappa shape index (κ3) is 4.61. The number of carbonyl (C=O) groups excluding carboxylic acids is 1. The Kier molecular flexibility index (Phi) is 5.13.